The zero-order valence-corrected chi connectivity index (χ0v) is 11.2. The Balaban J connectivity index is 0. The monoisotopic (exact) mass is 217 g/mol. The molecule has 0 spiro atoms. The maximum Gasteiger partial charge on any atom is 0.146 e. The van der Waals surface area contributed by atoms with Crippen molar-refractivity contribution in [1.29, 1.82) is 0 Å². The predicted octanol–water partition coefficient (Wildman–Crippen LogP) is 2.35. The molecule has 1 rings (SSSR count). The fourth-order valence-corrected chi connectivity index (χ4v) is 1.22. The zero-order chi connectivity index (χ0) is 12.3. The summed E-state index contributed by atoms with van der Waals surface area (Å²) in [6, 6.07) is 0.0684. The van der Waals surface area contributed by atoms with Crippen LogP contribution in [0.1, 0.15) is 41.5 Å². The van der Waals surface area contributed by atoms with Crippen LogP contribution in [0.25, 0.3) is 0 Å². The molecule has 3 heteroatoms. The number of ketones is 1. The van der Waals surface area contributed by atoms with E-state index in [1.54, 1.807) is 6.92 Å². The van der Waals surface area contributed by atoms with Crippen molar-refractivity contribution in [2.75, 3.05) is 26.3 Å². The van der Waals surface area contributed by atoms with Crippen molar-refractivity contribution in [3.05, 3.63) is 0 Å². The summed E-state index contributed by atoms with van der Waals surface area (Å²) in [5.41, 5.74) is 0. The molecule has 1 fully saturated rings. The molecule has 1 aliphatic rings. The van der Waals surface area contributed by atoms with Crippen LogP contribution < -0.4 is 0 Å². The molecule has 3 nitrogen and oxygen atoms in total. The SMILES string of the molecule is CC.CC.CC(=O)C(C)N1CCOCC1. The Kier molecular flexibility index (Phi) is 13.2. The summed E-state index contributed by atoms with van der Waals surface area (Å²) in [5.74, 6) is 0.243. The lowest BCUT2D eigenvalue weighted by atomic mass is 10.2. The molecule has 15 heavy (non-hydrogen) atoms. The fraction of sp³-hybridized carbons (Fsp3) is 0.917. The lowest BCUT2D eigenvalue weighted by Crippen LogP contribution is -2.45. The minimum atomic E-state index is 0.0684. The van der Waals surface area contributed by atoms with Gasteiger partial charge in [-0.2, -0.15) is 0 Å². The smallest absolute Gasteiger partial charge is 0.146 e. The van der Waals surface area contributed by atoms with Crippen LogP contribution in [0.3, 0.4) is 0 Å². The van der Waals surface area contributed by atoms with E-state index in [4.69, 9.17) is 4.74 Å². The van der Waals surface area contributed by atoms with Crippen LogP contribution >= 0.6 is 0 Å². The van der Waals surface area contributed by atoms with Gasteiger partial charge < -0.3 is 4.74 Å². The van der Waals surface area contributed by atoms with Gasteiger partial charge in [-0.05, 0) is 13.8 Å². The molecule has 0 bridgehead atoms. The van der Waals surface area contributed by atoms with Gasteiger partial charge in [-0.1, -0.05) is 27.7 Å². The van der Waals surface area contributed by atoms with E-state index in [2.05, 4.69) is 4.90 Å². The Morgan fingerprint density at radius 3 is 1.87 bits per heavy atom. The summed E-state index contributed by atoms with van der Waals surface area (Å²) in [4.78, 5) is 13.1. The number of carbonyl (C=O) groups excluding carboxylic acids is 1. The number of morpholine rings is 1. The average molecular weight is 217 g/mol. The molecule has 1 unspecified atom stereocenters. The molecule has 1 saturated heterocycles. The molecule has 0 radical (unpaired) electrons. The number of hydrogen-bond donors (Lipinski definition) is 0. The van der Waals surface area contributed by atoms with Gasteiger partial charge in [0.15, 0.2) is 0 Å². The van der Waals surface area contributed by atoms with Crippen LogP contribution in [0, 0.1) is 0 Å². The fourth-order valence-electron chi connectivity index (χ4n) is 1.22. The number of ether oxygens (including phenoxy) is 1. The van der Waals surface area contributed by atoms with Gasteiger partial charge in [-0.15, -0.1) is 0 Å². The topological polar surface area (TPSA) is 29.5 Å². The molecule has 0 amide bonds. The van der Waals surface area contributed by atoms with E-state index in [9.17, 15) is 4.79 Å². The first kappa shape index (κ1) is 17.0. The Labute approximate surface area is 94.8 Å². The maximum absolute atomic E-state index is 11.0. The minimum absolute atomic E-state index is 0.0684. The second-order valence-electron chi connectivity index (χ2n) is 2.93. The molecule has 1 heterocycles. The average Bonchev–Trinajstić information content (AvgIpc) is 2.34. The van der Waals surface area contributed by atoms with Gasteiger partial charge in [0.05, 0.1) is 19.3 Å². The molecule has 1 atom stereocenters. The summed E-state index contributed by atoms with van der Waals surface area (Å²) >= 11 is 0. The van der Waals surface area contributed by atoms with Crippen LogP contribution in [0.15, 0.2) is 0 Å². The quantitative estimate of drug-likeness (QED) is 0.711. The van der Waals surface area contributed by atoms with Crippen molar-refractivity contribution in [3.8, 4) is 0 Å². The van der Waals surface area contributed by atoms with Gasteiger partial charge in [0.1, 0.15) is 5.78 Å². The summed E-state index contributed by atoms with van der Waals surface area (Å²) in [6.07, 6.45) is 0. The zero-order valence-electron chi connectivity index (χ0n) is 11.2. The second kappa shape index (κ2) is 11.7. The van der Waals surface area contributed by atoms with E-state index in [0.29, 0.717) is 0 Å². The van der Waals surface area contributed by atoms with E-state index in [-0.39, 0.29) is 11.8 Å². The van der Waals surface area contributed by atoms with Crippen molar-refractivity contribution >= 4 is 5.78 Å². The number of carbonyl (C=O) groups is 1. The van der Waals surface area contributed by atoms with Gasteiger partial charge in [-0.3, -0.25) is 9.69 Å². The van der Waals surface area contributed by atoms with Crippen molar-refractivity contribution in [2.24, 2.45) is 0 Å². The Hall–Kier alpha value is -0.410. The Morgan fingerprint density at radius 1 is 1.13 bits per heavy atom. The molecular weight excluding hydrogens is 190 g/mol. The first-order valence-corrected chi connectivity index (χ1v) is 6.04. The molecular formula is C12H27NO2. The molecule has 0 aromatic rings. The van der Waals surface area contributed by atoms with Gasteiger partial charge >= 0.3 is 0 Å². The highest BCUT2D eigenvalue weighted by Gasteiger charge is 2.19. The molecule has 0 aromatic heterocycles. The van der Waals surface area contributed by atoms with Gasteiger partial charge in [-0.25, -0.2) is 0 Å². The lowest BCUT2D eigenvalue weighted by molar-refractivity contribution is -0.123. The molecule has 0 aromatic carbocycles. The number of rotatable bonds is 2. The third-order valence-electron chi connectivity index (χ3n) is 2.18. The molecule has 0 aliphatic carbocycles. The largest absolute Gasteiger partial charge is 0.379 e. The number of nitrogens with zero attached hydrogens (tertiary/aromatic N) is 1. The first-order valence-electron chi connectivity index (χ1n) is 6.04. The third kappa shape index (κ3) is 7.51. The van der Waals surface area contributed by atoms with E-state index in [0.717, 1.165) is 26.3 Å². The van der Waals surface area contributed by atoms with E-state index in [1.165, 1.54) is 0 Å². The standard InChI is InChI=1S/C8H15NO2.2C2H6/c1-7(8(2)10)9-3-5-11-6-4-9;2*1-2/h7H,3-6H2,1-2H3;2*1-2H3. The van der Waals surface area contributed by atoms with Crippen LogP contribution in [-0.4, -0.2) is 43.0 Å². The lowest BCUT2D eigenvalue weighted by Gasteiger charge is -2.30. The Morgan fingerprint density at radius 2 is 1.53 bits per heavy atom. The molecule has 92 valence electrons. The van der Waals surface area contributed by atoms with Crippen molar-refractivity contribution in [1.82, 2.24) is 4.90 Å². The normalized spacial score (nSPS) is 17.7. The van der Waals surface area contributed by atoms with Crippen LogP contribution in [0.5, 0.6) is 0 Å². The third-order valence-corrected chi connectivity index (χ3v) is 2.18. The number of Topliss-reactive ketones (excluding diaryl/α,β-unsaturated/α-hetero) is 1. The van der Waals surface area contributed by atoms with Crippen molar-refractivity contribution < 1.29 is 9.53 Å². The molecule has 0 N–H and O–H groups in total. The second-order valence-corrected chi connectivity index (χ2v) is 2.93. The van der Waals surface area contributed by atoms with Crippen LogP contribution in [-0.2, 0) is 9.53 Å². The summed E-state index contributed by atoms with van der Waals surface area (Å²) in [5, 5.41) is 0. The van der Waals surface area contributed by atoms with Crippen molar-refractivity contribution in [2.45, 2.75) is 47.6 Å². The highest BCUT2D eigenvalue weighted by atomic mass is 16.5. The van der Waals surface area contributed by atoms with E-state index >= 15 is 0 Å². The molecule has 0 saturated carbocycles. The van der Waals surface area contributed by atoms with Crippen LogP contribution in [0.4, 0.5) is 0 Å². The van der Waals surface area contributed by atoms with E-state index < -0.39 is 0 Å². The minimum Gasteiger partial charge on any atom is -0.379 e. The molecule has 1 aliphatic heterocycles. The van der Waals surface area contributed by atoms with E-state index in [1.807, 2.05) is 34.6 Å². The van der Waals surface area contributed by atoms with Gasteiger partial charge in [0, 0.05) is 13.1 Å². The van der Waals surface area contributed by atoms with Gasteiger partial charge in [0.2, 0.25) is 0 Å². The Bertz CT molecular complexity index is 143. The van der Waals surface area contributed by atoms with Crippen molar-refractivity contribution in [3.63, 3.8) is 0 Å². The summed E-state index contributed by atoms with van der Waals surface area (Å²) in [6.45, 7) is 14.9. The highest BCUT2D eigenvalue weighted by molar-refractivity contribution is 5.80. The number of hydrogen-bond acceptors (Lipinski definition) is 3. The highest BCUT2D eigenvalue weighted by Crippen LogP contribution is 2.03. The first-order chi connectivity index (χ1) is 7.22. The maximum atomic E-state index is 11.0. The van der Waals surface area contributed by atoms with Crippen LogP contribution in [0.2, 0.25) is 0 Å². The van der Waals surface area contributed by atoms with Gasteiger partial charge in [0.25, 0.3) is 0 Å². The summed E-state index contributed by atoms with van der Waals surface area (Å²) in [7, 11) is 0. The summed E-state index contributed by atoms with van der Waals surface area (Å²) < 4.78 is 5.18. The predicted molar refractivity (Wildman–Crippen MR) is 65.2 cm³/mol.